The maximum absolute atomic E-state index is 13.7. The highest BCUT2D eigenvalue weighted by Gasteiger charge is 2.32. The van der Waals surface area contributed by atoms with Crippen LogP contribution in [0.2, 0.25) is 5.02 Å². The van der Waals surface area contributed by atoms with Crippen molar-refractivity contribution in [1.82, 2.24) is 10.2 Å². The number of nitrogens with one attached hydrogen (secondary N) is 1. The number of carbonyl (C=O) groups is 2. The molecule has 2 aromatic carbocycles. The summed E-state index contributed by atoms with van der Waals surface area (Å²) in [6, 6.07) is 13.6. The van der Waals surface area contributed by atoms with Crippen LogP contribution in [0.3, 0.4) is 0 Å². The molecule has 2 aromatic rings. The third kappa shape index (κ3) is 7.23. The molecule has 1 N–H and O–H groups in total. The summed E-state index contributed by atoms with van der Waals surface area (Å²) in [4.78, 5) is 28.3. The first kappa shape index (κ1) is 28.0. The number of para-hydroxylation sites is 1. The summed E-state index contributed by atoms with van der Waals surface area (Å²) in [5, 5.41) is 3.63. The van der Waals surface area contributed by atoms with E-state index in [0.717, 1.165) is 47.4 Å². The number of amides is 2. The van der Waals surface area contributed by atoms with Crippen molar-refractivity contribution in [3.05, 3.63) is 64.7 Å². The molecule has 9 heteroatoms. The zero-order chi connectivity index (χ0) is 26.5. The maximum Gasteiger partial charge on any atom is 0.244 e. The van der Waals surface area contributed by atoms with Crippen molar-refractivity contribution in [2.75, 3.05) is 17.1 Å². The number of halogens is 1. The molecule has 1 fully saturated rings. The summed E-state index contributed by atoms with van der Waals surface area (Å²) in [5.74, 6) is -0.637. The lowest BCUT2D eigenvalue weighted by Crippen LogP contribution is -2.52. The van der Waals surface area contributed by atoms with Crippen LogP contribution in [0.25, 0.3) is 0 Å². The highest BCUT2D eigenvalue weighted by molar-refractivity contribution is 7.92. The molecule has 0 bridgehead atoms. The van der Waals surface area contributed by atoms with E-state index in [4.69, 9.17) is 11.6 Å². The third-order valence-electron chi connectivity index (χ3n) is 6.64. The Bertz CT molecular complexity index is 1160. The Labute approximate surface area is 219 Å². The number of sulfonamides is 1. The van der Waals surface area contributed by atoms with Crippen molar-refractivity contribution < 1.29 is 18.0 Å². The Morgan fingerprint density at radius 1 is 1.03 bits per heavy atom. The summed E-state index contributed by atoms with van der Waals surface area (Å²) in [7, 11) is -3.78. The van der Waals surface area contributed by atoms with Crippen LogP contribution in [0.5, 0.6) is 0 Å². The fraction of sp³-hybridized carbons (Fsp3) is 0.481. The summed E-state index contributed by atoms with van der Waals surface area (Å²) < 4.78 is 26.9. The molecule has 2 amide bonds. The molecular formula is C27H36ClN3O4S. The van der Waals surface area contributed by atoms with Gasteiger partial charge in [0.15, 0.2) is 0 Å². The Kier molecular flexibility index (Phi) is 9.41. The highest BCUT2D eigenvalue weighted by atomic mass is 35.5. The van der Waals surface area contributed by atoms with Crippen molar-refractivity contribution in [2.24, 2.45) is 0 Å². The van der Waals surface area contributed by atoms with Crippen LogP contribution >= 0.6 is 11.6 Å². The second-order valence-corrected chi connectivity index (χ2v) is 12.1. The molecule has 1 aliphatic rings. The van der Waals surface area contributed by atoms with Gasteiger partial charge in [-0.05, 0) is 55.0 Å². The van der Waals surface area contributed by atoms with Crippen LogP contribution in [0, 0.1) is 0 Å². The van der Waals surface area contributed by atoms with Gasteiger partial charge in [-0.2, -0.15) is 0 Å². The van der Waals surface area contributed by atoms with Crippen LogP contribution in [-0.4, -0.2) is 50.0 Å². The van der Waals surface area contributed by atoms with Crippen LogP contribution in [0.1, 0.15) is 63.5 Å². The van der Waals surface area contributed by atoms with Gasteiger partial charge in [-0.3, -0.25) is 13.9 Å². The van der Waals surface area contributed by atoms with E-state index >= 15 is 0 Å². The lowest BCUT2D eigenvalue weighted by Gasteiger charge is -2.32. The van der Waals surface area contributed by atoms with E-state index in [1.165, 1.54) is 4.90 Å². The number of rotatable bonds is 10. The number of benzene rings is 2. The minimum Gasteiger partial charge on any atom is -0.352 e. The summed E-state index contributed by atoms with van der Waals surface area (Å²) >= 11 is 6.03. The number of hydrogen-bond donors (Lipinski definition) is 1. The molecular weight excluding hydrogens is 498 g/mol. The molecule has 0 unspecified atom stereocenters. The Hall–Kier alpha value is -2.58. The molecule has 196 valence electrons. The average molecular weight is 534 g/mol. The number of anilines is 1. The Morgan fingerprint density at radius 3 is 2.22 bits per heavy atom. The summed E-state index contributed by atoms with van der Waals surface area (Å²) in [5.41, 5.74) is 2.09. The van der Waals surface area contributed by atoms with Gasteiger partial charge in [-0.25, -0.2) is 8.42 Å². The SMILES string of the molecule is CC(C)c1ccccc1N(CC(=O)N(Cc1ccc(Cl)cc1)[C@@H](C)C(=O)NC1CCCC1)S(C)(=O)=O. The van der Waals surface area contributed by atoms with Crippen LogP contribution in [0.4, 0.5) is 5.69 Å². The van der Waals surface area contributed by atoms with Crippen LogP contribution in [0.15, 0.2) is 48.5 Å². The molecule has 1 saturated carbocycles. The zero-order valence-corrected chi connectivity index (χ0v) is 23.0. The second-order valence-electron chi connectivity index (χ2n) is 9.80. The van der Waals surface area contributed by atoms with Gasteiger partial charge in [0, 0.05) is 17.6 Å². The van der Waals surface area contributed by atoms with Gasteiger partial charge in [0.2, 0.25) is 21.8 Å². The third-order valence-corrected chi connectivity index (χ3v) is 8.02. The molecule has 0 heterocycles. The van der Waals surface area contributed by atoms with E-state index in [1.807, 2.05) is 26.0 Å². The predicted molar refractivity (Wildman–Crippen MR) is 145 cm³/mol. The zero-order valence-electron chi connectivity index (χ0n) is 21.4. The molecule has 0 aliphatic heterocycles. The minimum absolute atomic E-state index is 0.0573. The van der Waals surface area contributed by atoms with Crippen LogP contribution in [-0.2, 0) is 26.2 Å². The fourth-order valence-corrected chi connectivity index (χ4v) is 5.55. The molecule has 0 spiro atoms. The number of nitrogens with zero attached hydrogens (tertiary/aromatic N) is 2. The van der Waals surface area contributed by atoms with Gasteiger partial charge in [-0.1, -0.05) is 68.6 Å². The van der Waals surface area contributed by atoms with Crippen molar-refractivity contribution in [3.8, 4) is 0 Å². The molecule has 1 atom stereocenters. The smallest absolute Gasteiger partial charge is 0.244 e. The van der Waals surface area contributed by atoms with E-state index in [2.05, 4.69) is 5.32 Å². The van der Waals surface area contributed by atoms with E-state index < -0.39 is 28.5 Å². The quantitative estimate of drug-likeness (QED) is 0.479. The monoisotopic (exact) mass is 533 g/mol. The molecule has 1 aliphatic carbocycles. The van der Waals surface area contributed by atoms with Crippen molar-refractivity contribution in [3.63, 3.8) is 0 Å². The van der Waals surface area contributed by atoms with E-state index in [0.29, 0.717) is 10.7 Å². The number of carbonyl (C=O) groups excluding carboxylic acids is 2. The molecule has 36 heavy (non-hydrogen) atoms. The van der Waals surface area contributed by atoms with Gasteiger partial charge in [0.05, 0.1) is 11.9 Å². The summed E-state index contributed by atoms with van der Waals surface area (Å²) in [6.07, 6.45) is 5.10. The first-order valence-corrected chi connectivity index (χ1v) is 14.6. The predicted octanol–water partition coefficient (Wildman–Crippen LogP) is 4.71. The molecule has 0 radical (unpaired) electrons. The van der Waals surface area contributed by atoms with Crippen molar-refractivity contribution >= 4 is 39.1 Å². The van der Waals surface area contributed by atoms with Crippen molar-refractivity contribution in [1.29, 1.82) is 0 Å². The Morgan fingerprint density at radius 2 is 1.64 bits per heavy atom. The lowest BCUT2D eigenvalue weighted by atomic mass is 10.0. The number of hydrogen-bond acceptors (Lipinski definition) is 4. The van der Waals surface area contributed by atoms with Gasteiger partial charge >= 0.3 is 0 Å². The van der Waals surface area contributed by atoms with Crippen molar-refractivity contribution in [2.45, 2.75) is 71.0 Å². The maximum atomic E-state index is 13.7. The van der Waals surface area contributed by atoms with E-state index in [9.17, 15) is 18.0 Å². The standard InChI is InChI=1S/C27H36ClN3O4S/c1-19(2)24-11-7-8-12-25(24)31(36(4,34)35)18-26(32)30(17-21-13-15-22(28)16-14-21)20(3)27(33)29-23-9-5-6-10-23/h7-8,11-16,19-20,23H,5-6,9-10,17-18H2,1-4H3,(H,29,33)/t20-/m0/s1. The second kappa shape index (κ2) is 12.1. The van der Waals surface area contributed by atoms with E-state index in [1.54, 1.807) is 43.3 Å². The largest absolute Gasteiger partial charge is 0.352 e. The summed E-state index contributed by atoms with van der Waals surface area (Å²) in [6.45, 7) is 5.38. The van der Waals surface area contributed by atoms with Crippen LogP contribution < -0.4 is 9.62 Å². The fourth-order valence-electron chi connectivity index (χ4n) is 4.56. The molecule has 0 aromatic heterocycles. The first-order chi connectivity index (χ1) is 17.0. The first-order valence-electron chi connectivity index (χ1n) is 12.4. The normalized spacial score (nSPS) is 15.1. The molecule has 3 rings (SSSR count). The Balaban J connectivity index is 1.92. The molecule has 7 nitrogen and oxygen atoms in total. The van der Waals surface area contributed by atoms with Gasteiger partial charge < -0.3 is 10.2 Å². The van der Waals surface area contributed by atoms with Gasteiger partial charge in [0.25, 0.3) is 0 Å². The lowest BCUT2D eigenvalue weighted by molar-refractivity contribution is -0.139. The molecule has 0 saturated heterocycles. The van der Waals surface area contributed by atoms with Gasteiger partial charge in [0.1, 0.15) is 12.6 Å². The topological polar surface area (TPSA) is 86.8 Å². The van der Waals surface area contributed by atoms with E-state index in [-0.39, 0.29) is 24.4 Å². The minimum atomic E-state index is -3.78. The highest BCUT2D eigenvalue weighted by Crippen LogP contribution is 2.29. The average Bonchev–Trinajstić information content (AvgIpc) is 3.33. The van der Waals surface area contributed by atoms with Gasteiger partial charge in [-0.15, -0.1) is 0 Å².